The van der Waals surface area contributed by atoms with Gasteiger partial charge in [0.1, 0.15) is 6.61 Å². The molecule has 0 N–H and O–H groups in total. The van der Waals surface area contributed by atoms with Gasteiger partial charge in [-0.25, -0.2) is 0 Å². The van der Waals surface area contributed by atoms with Crippen molar-refractivity contribution in [3.05, 3.63) is 81.3 Å². The number of rotatable bonds is 9. The van der Waals surface area contributed by atoms with Crippen LogP contribution in [0.2, 0.25) is 0 Å². The fourth-order valence-electron chi connectivity index (χ4n) is 2.21. The Kier molecular flexibility index (Phi) is 8.16. The average molecular weight is 373 g/mol. The maximum absolute atomic E-state index is 13.0. The monoisotopic (exact) mass is 372 g/mol. The Labute approximate surface area is 159 Å². The largest absolute Gasteiger partial charge is 0.483 e. The van der Waals surface area contributed by atoms with Crippen LogP contribution in [0.15, 0.2) is 64.6 Å². The van der Waals surface area contributed by atoms with Gasteiger partial charge < -0.3 is 4.74 Å². The predicted octanol–water partition coefficient (Wildman–Crippen LogP) is 6.07. The highest BCUT2D eigenvalue weighted by atomic mass is 32.2. The summed E-state index contributed by atoms with van der Waals surface area (Å²) in [4.78, 5) is 13.0. The van der Waals surface area contributed by atoms with Crippen molar-refractivity contribution >= 4 is 29.3 Å². The van der Waals surface area contributed by atoms with Crippen LogP contribution in [0.5, 0.6) is 0 Å². The van der Waals surface area contributed by atoms with Crippen LogP contribution in [0.4, 0.5) is 0 Å². The molecule has 0 radical (unpaired) electrons. The number of Topliss-reactive ketones (excluding diaryl/α,β-unsaturated/α-hetero) is 1. The molecule has 2 nitrogen and oxygen atoms in total. The topological polar surface area (TPSA) is 26.3 Å². The van der Waals surface area contributed by atoms with Crippen LogP contribution in [-0.2, 0) is 11.3 Å². The van der Waals surface area contributed by atoms with Gasteiger partial charge in [-0.05, 0) is 24.0 Å². The van der Waals surface area contributed by atoms with E-state index < -0.39 is 0 Å². The van der Waals surface area contributed by atoms with Gasteiger partial charge in [0.2, 0.25) is 5.78 Å². The van der Waals surface area contributed by atoms with E-state index in [1.54, 1.807) is 23.5 Å². The first-order valence-corrected chi connectivity index (χ1v) is 10.4. The summed E-state index contributed by atoms with van der Waals surface area (Å²) in [7, 11) is 0. The predicted molar refractivity (Wildman–Crippen MR) is 110 cm³/mol. The minimum atomic E-state index is -0.0513. The molecule has 25 heavy (non-hydrogen) atoms. The highest BCUT2D eigenvalue weighted by molar-refractivity contribution is 8.22. The molecule has 0 amide bonds. The van der Waals surface area contributed by atoms with Crippen molar-refractivity contribution in [3.63, 3.8) is 0 Å². The number of benzene rings is 2. The molecule has 0 heterocycles. The van der Waals surface area contributed by atoms with Crippen molar-refractivity contribution < 1.29 is 9.53 Å². The zero-order valence-electron chi connectivity index (χ0n) is 15.0. The lowest BCUT2D eigenvalue weighted by Crippen LogP contribution is -2.09. The van der Waals surface area contributed by atoms with Crippen LogP contribution < -0.4 is 0 Å². The van der Waals surface area contributed by atoms with E-state index >= 15 is 0 Å². The van der Waals surface area contributed by atoms with E-state index in [0.717, 1.165) is 21.3 Å². The molecule has 4 heteroatoms. The van der Waals surface area contributed by atoms with Crippen LogP contribution in [0.25, 0.3) is 0 Å². The molecular weight excluding hydrogens is 348 g/mol. The van der Waals surface area contributed by atoms with Gasteiger partial charge in [-0.1, -0.05) is 74.0 Å². The number of thioether (sulfide) groups is 2. The molecule has 0 aliphatic carbocycles. The third-order valence-corrected chi connectivity index (χ3v) is 5.66. The van der Waals surface area contributed by atoms with Gasteiger partial charge in [0.05, 0.1) is 4.24 Å². The lowest BCUT2D eigenvalue weighted by atomic mass is 10.1. The lowest BCUT2D eigenvalue weighted by Gasteiger charge is -2.15. The van der Waals surface area contributed by atoms with Crippen molar-refractivity contribution in [2.24, 2.45) is 0 Å². The fraction of sp³-hybridized carbons (Fsp3) is 0.286. The van der Waals surface area contributed by atoms with Gasteiger partial charge in [-0.3, -0.25) is 4.79 Å². The summed E-state index contributed by atoms with van der Waals surface area (Å²) in [5.74, 6) is 2.22. The maximum Gasteiger partial charge on any atom is 0.229 e. The van der Waals surface area contributed by atoms with E-state index in [2.05, 4.69) is 32.9 Å². The van der Waals surface area contributed by atoms with Crippen LogP contribution in [0, 0.1) is 6.92 Å². The van der Waals surface area contributed by atoms with E-state index in [9.17, 15) is 4.79 Å². The van der Waals surface area contributed by atoms with E-state index in [1.165, 1.54) is 5.56 Å². The smallest absolute Gasteiger partial charge is 0.229 e. The number of ketones is 1. The summed E-state index contributed by atoms with van der Waals surface area (Å²) in [5, 5.41) is 0. The van der Waals surface area contributed by atoms with Crippen LogP contribution in [0.3, 0.4) is 0 Å². The molecule has 0 saturated heterocycles. The summed E-state index contributed by atoms with van der Waals surface area (Å²) >= 11 is 3.33. The minimum Gasteiger partial charge on any atom is -0.483 e. The molecule has 0 atom stereocenters. The summed E-state index contributed by atoms with van der Waals surface area (Å²) in [5.41, 5.74) is 2.93. The standard InChI is InChI=1S/C21H24O2S2/c1-4-24-21(25-5-2)20(19(22)18-9-7-6-8-10-18)23-15-17-13-11-16(3)12-14-17/h6-14H,4-5,15H2,1-3H3. The average Bonchev–Trinajstić information content (AvgIpc) is 2.64. The van der Waals surface area contributed by atoms with E-state index in [0.29, 0.717) is 17.9 Å². The van der Waals surface area contributed by atoms with Crippen LogP contribution >= 0.6 is 23.5 Å². The number of aryl methyl sites for hydroxylation is 1. The summed E-state index contributed by atoms with van der Waals surface area (Å²) in [6.07, 6.45) is 0. The maximum atomic E-state index is 13.0. The Bertz CT molecular complexity index is 698. The van der Waals surface area contributed by atoms with Gasteiger partial charge in [0.15, 0.2) is 5.76 Å². The molecule has 2 aromatic rings. The van der Waals surface area contributed by atoms with Crippen molar-refractivity contribution in [2.75, 3.05) is 11.5 Å². The highest BCUT2D eigenvalue weighted by Gasteiger charge is 2.20. The lowest BCUT2D eigenvalue weighted by molar-refractivity contribution is 0.0904. The molecule has 0 aromatic heterocycles. The normalized spacial score (nSPS) is 10.4. The first-order valence-electron chi connectivity index (χ1n) is 8.43. The third-order valence-electron chi connectivity index (χ3n) is 3.48. The molecule has 0 unspecified atom stereocenters. The van der Waals surface area contributed by atoms with Gasteiger partial charge >= 0.3 is 0 Å². The Morgan fingerprint density at radius 1 is 0.920 bits per heavy atom. The second kappa shape index (κ2) is 10.4. The Balaban J connectivity index is 2.29. The number of carbonyl (C=O) groups excluding carboxylic acids is 1. The molecular formula is C21H24O2S2. The number of carbonyl (C=O) groups is 1. The second-order valence-corrected chi connectivity index (χ2v) is 8.26. The van der Waals surface area contributed by atoms with Crippen molar-refractivity contribution in [1.29, 1.82) is 0 Å². The molecule has 132 valence electrons. The van der Waals surface area contributed by atoms with Crippen molar-refractivity contribution in [2.45, 2.75) is 27.4 Å². The Morgan fingerprint density at radius 2 is 1.52 bits per heavy atom. The quantitative estimate of drug-likeness (QED) is 0.303. The van der Waals surface area contributed by atoms with Gasteiger partial charge in [-0.15, -0.1) is 23.5 Å². The first kappa shape index (κ1) is 19.7. The molecule has 0 fully saturated rings. The van der Waals surface area contributed by atoms with Gasteiger partial charge in [0, 0.05) is 5.56 Å². The third kappa shape index (κ3) is 5.98. The first-order chi connectivity index (χ1) is 12.2. The van der Waals surface area contributed by atoms with Crippen molar-refractivity contribution in [1.82, 2.24) is 0 Å². The molecule has 2 aromatic carbocycles. The molecule has 0 bridgehead atoms. The van der Waals surface area contributed by atoms with Crippen LogP contribution in [0.1, 0.15) is 35.3 Å². The zero-order chi connectivity index (χ0) is 18.1. The Morgan fingerprint density at radius 3 is 2.08 bits per heavy atom. The van der Waals surface area contributed by atoms with E-state index in [-0.39, 0.29) is 5.78 Å². The van der Waals surface area contributed by atoms with E-state index in [4.69, 9.17) is 4.74 Å². The van der Waals surface area contributed by atoms with Crippen molar-refractivity contribution in [3.8, 4) is 0 Å². The van der Waals surface area contributed by atoms with Crippen LogP contribution in [-0.4, -0.2) is 17.3 Å². The Hall–Kier alpha value is -1.65. The molecule has 0 saturated carbocycles. The number of ether oxygens (including phenoxy) is 1. The van der Waals surface area contributed by atoms with Gasteiger partial charge in [0.25, 0.3) is 0 Å². The molecule has 0 aliphatic heterocycles. The number of hydrogen-bond donors (Lipinski definition) is 0. The summed E-state index contributed by atoms with van der Waals surface area (Å²) in [6.45, 7) is 6.63. The SMILES string of the molecule is CCSC(SCC)=C(OCc1ccc(C)cc1)C(=O)c1ccccc1. The second-order valence-electron chi connectivity index (χ2n) is 5.45. The number of allylic oxidation sites excluding steroid dienone is 1. The highest BCUT2D eigenvalue weighted by Crippen LogP contribution is 2.33. The zero-order valence-corrected chi connectivity index (χ0v) is 16.6. The molecule has 0 aliphatic rings. The van der Waals surface area contributed by atoms with E-state index in [1.807, 2.05) is 42.5 Å². The summed E-state index contributed by atoms with van der Waals surface area (Å²) < 4.78 is 7.00. The number of hydrogen-bond acceptors (Lipinski definition) is 4. The fourth-order valence-corrected chi connectivity index (χ4v) is 4.34. The van der Waals surface area contributed by atoms with Gasteiger partial charge in [-0.2, -0.15) is 0 Å². The molecule has 2 rings (SSSR count). The molecule has 0 spiro atoms. The summed E-state index contributed by atoms with van der Waals surface area (Å²) in [6, 6.07) is 17.5. The minimum absolute atomic E-state index is 0.0513.